The van der Waals surface area contributed by atoms with Crippen molar-refractivity contribution < 1.29 is 4.84 Å². The smallest absolute Gasteiger partial charge is 0.104 e. The maximum atomic E-state index is 8.15. The quantitative estimate of drug-likeness (QED) is 0.252. The van der Waals surface area contributed by atoms with E-state index in [-0.39, 0.29) is 6.17 Å². The average Bonchev–Trinajstić information content (AvgIpc) is 2.27. The zero-order chi connectivity index (χ0) is 11.1. The summed E-state index contributed by atoms with van der Waals surface area (Å²) in [5.74, 6) is 0. The molecule has 0 fully saturated rings. The molecule has 6 heteroatoms. The molecule has 3 N–H and O–H groups in total. The summed E-state index contributed by atoms with van der Waals surface area (Å²) >= 11 is 0. The number of rotatable bonds is 5. The van der Waals surface area contributed by atoms with Crippen LogP contribution in [0.2, 0.25) is 0 Å². The van der Waals surface area contributed by atoms with Crippen LogP contribution in [0.5, 0.6) is 0 Å². The molecule has 80 valence electrons. The van der Waals surface area contributed by atoms with Crippen molar-refractivity contribution in [3.8, 4) is 0 Å². The van der Waals surface area contributed by atoms with E-state index in [2.05, 4.69) is 15.5 Å². The molecule has 0 saturated carbocycles. The van der Waals surface area contributed by atoms with Gasteiger partial charge in [-0.25, -0.2) is 0 Å². The van der Waals surface area contributed by atoms with Crippen LogP contribution in [0.15, 0.2) is 29.4 Å². The Morgan fingerprint density at radius 1 is 1.53 bits per heavy atom. The molecule has 0 spiro atoms. The van der Waals surface area contributed by atoms with Crippen LogP contribution >= 0.6 is 0 Å². The van der Waals surface area contributed by atoms with E-state index in [1.807, 2.05) is 24.3 Å². The summed E-state index contributed by atoms with van der Waals surface area (Å²) in [6, 6.07) is 7.44. The van der Waals surface area contributed by atoms with E-state index < -0.39 is 0 Å². The minimum Gasteiger partial charge on any atom is -0.310 e. The molecule has 1 aromatic carbocycles. The van der Waals surface area contributed by atoms with Crippen LogP contribution in [-0.4, -0.2) is 7.11 Å². The van der Waals surface area contributed by atoms with Crippen LogP contribution in [0.3, 0.4) is 0 Å². The van der Waals surface area contributed by atoms with Crippen LogP contribution in [0.1, 0.15) is 17.3 Å². The van der Waals surface area contributed by atoms with Gasteiger partial charge in [0.1, 0.15) is 6.17 Å². The van der Waals surface area contributed by atoms with Crippen LogP contribution in [0, 0.1) is 0 Å². The summed E-state index contributed by atoms with van der Waals surface area (Å²) in [7, 11) is 1.51. The van der Waals surface area contributed by atoms with Crippen LogP contribution in [0.25, 0.3) is 10.4 Å². The molecule has 1 atom stereocenters. The highest BCUT2D eigenvalue weighted by atomic mass is 16.6. The SMILES string of the molecule is CONC(N)c1ccc(CN=[N+]=[N-])cc1. The molecule has 0 aliphatic heterocycles. The second-order valence-electron chi connectivity index (χ2n) is 2.93. The lowest BCUT2D eigenvalue weighted by atomic mass is 10.1. The third-order valence-corrected chi connectivity index (χ3v) is 1.90. The number of hydrogen-bond acceptors (Lipinski definition) is 4. The van der Waals surface area contributed by atoms with E-state index in [4.69, 9.17) is 16.1 Å². The van der Waals surface area contributed by atoms with Crippen molar-refractivity contribution in [1.82, 2.24) is 5.48 Å². The average molecular weight is 207 g/mol. The Hall–Kier alpha value is -1.59. The maximum absolute atomic E-state index is 8.15. The van der Waals surface area contributed by atoms with Crippen LogP contribution in [-0.2, 0) is 11.4 Å². The summed E-state index contributed by atoms with van der Waals surface area (Å²) in [6.45, 7) is 0.351. The van der Waals surface area contributed by atoms with E-state index in [1.54, 1.807) is 0 Å². The van der Waals surface area contributed by atoms with E-state index in [0.29, 0.717) is 6.54 Å². The summed E-state index contributed by atoms with van der Waals surface area (Å²) in [6.07, 6.45) is -0.358. The van der Waals surface area contributed by atoms with Crippen molar-refractivity contribution in [2.24, 2.45) is 10.8 Å². The van der Waals surface area contributed by atoms with Gasteiger partial charge in [0.15, 0.2) is 0 Å². The minimum atomic E-state index is -0.358. The van der Waals surface area contributed by atoms with Crippen molar-refractivity contribution >= 4 is 0 Å². The lowest BCUT2D eigenvalue weighted by molar-refractivity contribution is 0.0623. The monoisotopic (exact) mass is 207 g/mol. The van der Waals surface area contributed by atoms with Gasteiger partial charge in [-0.05, 0) is 16.7 Å². The van der Waals surface area contributed by atoms with Gasteiger partial charge in [0, 0.05) is 4.91 Å². The molecule has 0 bridgehead atoms. The molecule has 6 nitrogen and oxygen atoms in total. The Labute approximate surface area is 87.6 Å². The molecule has 15 heavy (non-hydrogen) atoms. The summed E-state index contributed by atoms with van der Waals surface area (Å²) < 4.78 is 0. The molecule has 0 saturated heterocycles. The number of hydroxylamine groups is 1. The van der Waals surface area contributed by atoms with Crippen LogP contribution in [0.4, 0.5) is 0 Å². The van der Waals surface area contributed by atoms with Gasteiger partial charge in [0.2, 0.25) is 0 Å². The number of nitrogens with zero attached hydrogens (tertiary/aromatic N) is 3. The maximum Gasteiger partial charge on any atom is 0.104 e. The minimum absolute atomic E-state index is 0.351. The van der Waals surface area contributed by atoms with Gasteiger partial charge < -0.3 is 10.6 Å². The topological polar surface area (TPSA) is 96.0 Å². The molecule has 1 aromatic rings. The molecule has 0 aromatic heterocycles. The first-order chi connectivity index (χ1) is 7.27. The van der Waals surface area contributed by atoms with Crippen molar-refractivity contribution in [2.45, 2.75) is 12.7 Å². The summed E-state index contributed by atoms with van der Waals surface area (Å²) in [4.78, 5) is 7.40. The molecule has 0 heterocycles. The van der Waals surface area contributed by atoms with E-state index >= 15 is 0 Å². The lowest BCUT2D eigenvalue weighted by Gasteiger charge is -2.12. The van der Waals surface area contributed by atoms with Gasteiger partial charge in [-0.15, -0.1) is 0 Å². The predicted molar refractivity (Wildman–Crippen MR) is 56.4 cm³/mol. The Kier molecular flexibility index (Phi) is 4.59. The molecule has 1 unspecified atom stereocenters. The normalized spacial score (nSPS) is 11.9. The molecular formula is C9H13N5O. The van der Waals surface area contributed by atoms with Crippen molar-refractivity contribution in [2.75, 3.05) is 7.11 Å². The zero-order valence-corrected chi connectivity index (χ0v) is 8.42. The number of azide groups is 1. The molecule has 0 aliphatic rings. The number of nitrogens with one attached hydrogen (secondary N) is 1. The van der Waals surface area contributed by atoms with Gasteiger partial charge in [0.05, 0.1) is 13.7 Å². The number of nitrogens with two attached hydrogens (primary N) is 1. The Morgan fingerprint density at radius 2 is 2.20 bits per heavy atom. The first-order valence-corrected chi connectivity index (χ1v) is 4.41. The highest BCUT2D eigenvalue weighted by Gasteiger charge is 2.03. The summed E-state index contributed by atoms with van der Waals surface area (Å²) in [5.41, 5.74) is 18.4. The highest BCUT2D eigenvalue weighted by molar-refractivity contribution is 5.24. The standard InChI is InChI=1S/C9H13N5O/c1-15-13-9(10)8-4-2-7(3-5-8)6-12-14-11/h2-5,9,13H,6,10H2,1H3. The second kappa shape index (κ2) is 6.00. The van der Waals surface area contributed by atoms with Gasteiger partial charge in [-0.1, -0.05) is 29.4 Å². The Morgan fingerprint density at radius 3 is 2.73 bits per heavy atom. The van der Waals surface area contributed by atoms with Gasteiger partial charge in [-0.2, -0.15) is 5.48 Å². The van der Waals surface area contributed by atoms with Gasteiger partial charge >= 0.3 is 0 Å². The van der Waals surface area contributed by atoms with E-state index in [9.17, 15) is 0 Å². The molecule has 0 radical (unpaired) electrons. The second-order valence-corrected chi connectivity index (χ2v) is 2.93. The van der Waals surface area contributed by atoms with E-state index in [1.165, 1.54) is 7.11 Å². The zero-order valence-electron chi connectivity index (χ0n) is 8.42. The molecule has 0 aliphatic carbocycles. The predicted octanol–water partition coefficient (Wildman–Crippen LogP) is 1.61. The fourth-order valence-electron chi connectivity index (χ4n) is 1.14. The Bertz CT molecular complexity index is 344. The first kappa shape index (κ1) is 11.5. The van der Waals surface area contributed by atoms with Crippen molar-refractivity contribution in [3.05, 3.63) is 45.8 Å². The highest BCUT2D eigenvalue weighted by Crippen LogP contribution is 2.10. The fourth-order valence-corrected chi connectivity index (χ4v) is 1.14. The number of hydrogen-bond donors (Lipinski definition) is 2. The Balaban J connectivity index is 2.66. The first-order valence-electron chi connectivity index (χ1n) is 4.41. The fraction of sp³-hybridized carbons (Fsp3) is 0.333. The lowest BCUT2D eigenvalue weighted by Crippen LogP contribution is -2.27. The third kappa shape index (κ3) is 3.57. The summed E-state index contributed by atoms with van der Waals surface area (Å²) in [5, 5.41) is 3.46. The van der Waals surface area contributed by atoms with Crippen molar-refractivity contribution in [1.29, 1.82) is 0 Å². The van der Waals surface area contributed by atoms with E-state index in [0.717, 1.165) is 11.1 Å². The molecular weight excluding hydrogens is 194 g/mol. The van der Waals surface area contributed by atoms with Crippen LogP contribution < -0.4 is 11.2 Å². The van der Waals surface area contributed by atoms with Gasteiger partial charge in [-0.3, -0.25) is 0 Å². The largest absolute Gasteiger partial charge is 0.310 e. The van der Waals surface area contributed by atoms with Gasteiger partial charge in [0.25, 0.3) is 0 Å². The van der Waals surface area contributed by atoms with Crippen molar-refractivity contribution in [3.63, 3.8) is 0 Å². The third-order valence-electron chi connectivity index (χ3n) is 1.90. The number of benzene rings is 1. The molecule has 1 rings (SSSR count). The molecule has 0 amide bonds.